The zero-order valence-electron chi connectivity index (χ0n) is 24.6. The molecule has 0 spiro atoms. The van der Waals surface area contributed by atoms with Crippen LogP contribution in [-0.4, -0.2) is 37.6 Å². The van der Waals surface area contributed by atoms with Gasteiger partial charge in [-0.2, -0.15) is 11.8 Å². The van der Waals surface area contributed by atoms with E-state index in [1.165, 1.54) is 16.7 Å². The van der Waals surface area contributed by atoms with Gasteiger partial charge in [-0.15, -0.1) is 46.7 Å². The molecule has 0 amide bonds. The maximum Gasteiger partial charge on any atom is 0.157 e. The number of benzene rings is 4. The molecule has 4 rings (SSSR count). The van der Waals surface area contributed by atoms with Gasteiger partial charge in [0.2, 0.25) is 0 Å². The largest absolute Gasteiger partial charge is 0.255 e. The Morgan fingerprint density at radius 1 is 0.723 bits per heavy atom. The third-order valence-electron chi connectivity index (χ3n) is 4.43. The molecule has 0 radical (unpaired) electrons. The van der Waals surface area contributed by atoms with E-state index in [2.05, 4.69) is 79.6 Å². The Hall–Kier alpha value is 2.57. The lowest BCUT2D eigenvalue weighted by molar-refractivity contribution is 0.686. The van der Waals surface area contributed by atoms with Crippen LogP contribution in [0.15, 0.2) is 121 Å². The van der Waals surface area contributed by atoms with E-state index < -0.39 is 15.0 Å². The van der Waals surface area contributed by atoms with Crippen molar-refractivity contribution in [2.45, 2.75) is 23.8 Å². The third-order valence-corrected chi connectivity index (χ3v) is 12.8. The van der Waals surface area contributed by atoms with Crippen LogP contribution in [0.5, 0.6) is 0 Å². The van der Waals surface area contributed by atoms with Crippen molar-refractivity contribution in [1.82, 2.24) is 0 Å². The van der Waals surface area contributed by atoms with Crippen molar-refractivity contribution in [2.75, 3.05) is 29.2 Å². The SMILES string of the molecule is CS(=O)c1cc(Br)cc(Br)c1.CSC.ClCSc1c(Br)cccc1Br.ClCSc1ccc(Br)cc1.Clc1ccc(Cl)c(SC(Cl)Cl)c1. The topological polar surface area (TPSA) is 17.1 Å². The predicted molar refractivity (Wildman–Crippen MR) is 241 cm³/mol. The van der Waals surface area contributed by atoms with Gasteiger partial charge < -0.3 is 0 Å². The minimum absolute atomic E-state index is 0.527. The first-order valence-electron chi connectivity index (χ1n) is 12.4. The molecule has 0 aliphatic heterocycles. The van der Waals surface area contributed by atoms with Crippen LogP contribution in [0.25, 0.3) is 0 Å². The normalized spacial score (nSPS) is 10.6. The number of hydrogen-bond acceptors (Lipinski definition) is 5. The molecule has 0 aliphatic carbocycles. The van der Waals surface area contributed by atoms with E-state index in [1.54, 1.807) is 59.7 Å². The fourth-order valence-electron chi connectivity index (χ4n) is 2.63. The van der Waals surface area contributed by atoms with Crippen molar-refractivity contribution >= 4 is 207 Å². The quantitative estimate of drug-likeness (QED) is 0.135. The van der Waals surface area contributed by atoms with Gasteiger partial charge in [0, 0.05) is 64.0 Å². The average molecular weight is 1180 g/mol. The van der Waals surface area contributed by atoms with E-state index in [0.29, 0.717) is 20.5 Å². The Labute approximate surface area is 370 Å². The minimum atomic E-state index is -0.910. The van der Waals surface area contributed by atoms with E-state index >= 15 is 0 Å². The van der Waals surface area contributed by atoms with Crippen molar-refractivity contribution in [1.29, 1.82) is 0 Å². The molecular weight excluding hydrogens is 1150 g/mol. The maximum atomic E-state index is 11.0. The summed E-state index contributed by atoms with van der Waals surface area (Å²) < 4.78 is 15.6. The first-order chi connectivity index (χ1) is 22.2. The summed E-state index contributed by atoms with van der Waals surface area (Å²) >= 11 is 56.9. The Kier molecular flexibility index (Phi) is 31.6. The highest BCUT2D eigenvalue weighted by Gasteiger charge is 2.07. The van der Waals surface area contributed by atoms with Gasteiger partial charge in [-0.1, -0.05) is 112 Å². The van der Waals surface area contributed by atoms with Crippen molar-refractivity contribution < 1.29 is 4.21 Å². The number of thioether (sulfide) groups is 4. The predicted octanol–water partition coefficient (Wildman–Crippen LogP) is 17.0. The summed E-state index contributed by atoms with van der Waals surface area (Å²) in [6, 6.07) is 24.8. The summed E-state index contributed by atoms with van der Waals surface area (Å²) in [5.74, 6) is 0. The van der Waals surface area contributed by atoms with Gasteiger partial charge in [0.05, 0.1) is 15.4 Å². The highest BCUT2D eigenvalue weighted by Crippen LogP contribution is 2.36. The Morgan fingerprint density at radius 3 is 1.68 bits per heavy atom. The zero-order chi connectivity index (χ0) is 35.9. The lowest BCUT2D eigenvalue weighted by Crippen LogP contribution is -1.86. The Bertz CT molecular complexity index is 1450. The highest BCUT2D eigenvalue weighted by molar-refractivity contribution is 9.11. The van der Waals surface area contributed by atoms with E-state index in [-0.39, 0.29) is 0 Å². The molecule has 0 fully saturated rings. The molecule has 260 valence electrons. The average Bonchev–Trinajstić information content (AvgIpc) is 2.99. The van der Waals surface area contributed by atoms with Crippen LogP contribution in [-0.2, 0) is 10.8 Å². The lowest BCUT2D eigenvalue weighted by Gasteiger charge is -2.03. The molecule has 0 heterocycles. The van der Waals surface area contributed by atoms with Gasteiger partial charge in [0.15, 0.2) is 4.17 Å². The van der Waals surface area contributed by atoms with Gasteiger partial charge >= 0.3 is 0 Å². The second-order valence-corrected chi connectivity index (χ2v) is 21.4. The van der Waals surface area contributed by atoms with Gasteiger partial charge in [0.1, 0.15) is 0 Å². The fourth-order valence-corrected chi connectivity index (χ4v) is 10.1. The molecule has 17 heteroatoms. The molecule has 0 saturated carbocycles. The monoisotopic (exact) mass is 1170 g/mol. The minimum Gasteiger partial charge on any atom is -0.255 e. The van der Waals surface area contributed by atoms with Gasteiger partial charge in [-0.05, 0) is 117 Å². The third kappa shape index (κ3) is 24.5. The molecule has 0 bridgehead atoms. The first-order valence-corrected chi connectivity index (χ1v) is 25.1. The Morgan fingerprint density at radius 2 is 1.23 bits per heavy atom. The van der Waals surface area contributed by atoms with E-state index in [4.69, 9.17) is 69.6 Å². The standard InChI is InChI=1S/C7H5Br2ClS.C7H6Br2OS.C7H6BrClS.C7H4Cl4S.C2H6S/c8-5-2-1-3-6(9)7(5)11-4-10;1-11(10)7-3-5(8)2-6(9)4-7;8-6-1-3-7(4-2-6)10-5-9;8-4-1-2-5(9)6(3-4)12-7(10)11;1-3-2/h1-3H,4H2;2-4H,1H3;1-4H,5H2;1-3,7H;1-2H3. The summed E-state index contributed by atoms with van der Waals surface area (Å²) in [6.07, 6.45) is 5.74. The number of rotatable bonds is 7. The van der Waals surface area contributed by atoms with Crippen LogP contribution >= 0.6 is 196 Å². The summed E-state index contributed by atoms with van der Waals surface area (Å²) in [7, 11) is -0.910. The molecule has 4 aromatic rings. The molecule has 0 aliphatic rings. The van der Waals surface area contributed by atoms with Gasteiger partial charge in [0.25, 0.3) is 0 Å². The maximum absolute atomic E-state index is 11.0. The van der Waals surface area contributed by atoms with Crippen LogP contribution < -0.4 is 0 Å². The van der Waals surface area contributed by atoms with Crippen molar-refractivity contribution in [2.24, 2.45) is 0 Å². The molecule has 0 aromatic heterocycles. The molecule has 0 saturated heterocycles. The molecule has 4 aromatic carbocycles. The summed E-state index contributed by atoms with van der Waals surface area (Å²) in [5, 5.41) is 2.41. The molecular formula is C30H27Br5Cl6OS5. The molecule has 1 unspecified atom stereocenters. The van der Waals surface area contributed by atoms with E-state index in [9.17, 15) is 4.21 Å². The highest BCUT2D eigenvalue weighted by atomic mass is 79.9. The second kappa shape index (κ2) is 30.0. The van der Waals surface area contributed by atoms with Crippen LogP contribution in [0.1, 0.15) is 0 Å². The van der Waals surface area contributed by atoms with Crippen LogP contribution in [0.4, 0.5) is 0 Å². The molecule has 0 N–H and O–H groups in total. The molecule has 1 atom stereocenters. The summed E-state index contributed by atoms with van der Waals surface area (Å²) in [5.41, 5.74) is 0. The first kappa shape index (κ1) is 49.6. The lowest BCUT2D eigenvalue weighted by atomic mass is 10.4. The van der Waals surface area contributed by atoms with Gasteiger partial charge in [-0.25, -0.2) is 0 Å². The number of hydrogen-bond donors (Lipinski definition) is 0. The zero-order valence-corrected chi connectivity index (χ0v) is 41.2. The smallest absolute Gasteiger partial charge is 0.157 e. The van der Waals surface area contributed by atoms with Crippen molar-refractivity contribution in [3.8, 4) is 0 Å². The Balaban J connectivity index is 0.000000584. The van der Waals surface area contributed by atoms with Crippen molar-refractivity contribution in [3.63, 3.8) is 0 Å². The summed E-state index contributed by atoms with van der Waals surface area (Å²) in [4.78, 5) is 3.98. The van der Waals surface area contributed by atoms with Crippen LogP contribution in [0.2, 0.25) is 10.0 Å². The van der Waals surface area contributed by atoms with Crippen molar-refractivity contribution in [3.05, 3.63) is 111 Å². The van der Waals surface area contributed by atoms with Crippen LogP contribution in [0.3, 0.4) is 0 Å². The second-order valence-electron chi connectivity index (χ2n) is 7.93. The molecule has 47 heavy (non-hydrogen) atoms. The number of alkyl halides is 4. The number of halogens is 11. The van der Waals surface area contributed by atoms with Gasteiger partial charge in [-0.3, -0.25) is 4.21 Å². The summed E-state index contributed by atoms with van der Waals surface area (Å²) in [6.45, 7) is 0. The fraction of sp³-hybridized carbons (Fsp3) is 0.200. The molecule has 1 nitrogen and oxygen atoms in total. The van der Waals surface area contributed by atoms with E-state index in [0.717, 1.165) is 37.1 Å². The van der Waals surface area contributed by atoms with Crippen LogP contribution in [0, 0.1) is 0 Å². The van der Waals surface area contributed by atoms with E-state index in [1.807, 2.05) is 73.2 Å².